The maximum Gasteiger partial charge on any atom is 0.303 e. The predicted octanol–water partition coefficient (Wildman–Crippen LogP) is 10.6. The molecule has 0 unspecified atom stereocenters. The molecule has 3 aromatic carbocycles. The molecule has 0 amide bonds. The van der Waals surface area contributed by atoms with Crippen LogP contribution in [0.25, 0.3) is 0 Å². The zero-order valence-electron chi connectivity index (χ0n) is 38.9. The number of benzene rings is 3. The van der Waals surface area contributed by atoms with Gasteiger partial charge in [-0.3, -0.25) is 4.79 Å². The number of carboxylic acid groups (broad SMARTS) is 1. The first-order valence-corrected chi connectivity index (χ1v) is 22.2. The first-order valence-electron chi connectivity index (χ1n) is 22.2. The van der Waals surface area contributed by atoms with Crippen molar-refractivity contribution in [2.75, 3.05) is 73.4 Å². The highest BCUT2D eigenvalue weighted by Gasteiger charge is 2.44. The van der Waals surface area contributed by atoms with Crippen molar-refractivity contribution < 1.29 is 28.2 Å². The Hall–Kier alpha value is -4.72. The van der Waals surface area contributed by atoms with Gasteiger partial charge in [0.05, 0.1) is 67.2 Å². The Morgan fingerprint density at radius 2 is 1.45 bits per heavy atom. The molecule has 0 spiro atoms. The van der Waals surface area contributed by atoms with Crippen molar-refractivity contribution in [1.82, 2.24) is 0 Å². The minimum Gasteiger partial charge on any atom is -0.481 e. The molecule has 7 heteroatoms. The fourth-order valence-electron chi connectivity index (χ4n) is 9.27. The molecule has 3 aliphatic rings. The van der Waals surface area contributed by atoms with Crippen LogP contribution >= 0.6 is 0 Å². The van der Waals surface area contributed by atoms with E-state index in [-0.39, 0.29) is 17.3 Å². The second-order valence-electron chi connectivity index (χ2n) is 20.6. The van der Waals surface area contributed by atoms with Crippen LogP contribution in [0.1, 0.15) is 94.0 Å². The van der Waals surface area contributed by atoms with E-state index in [1.807, 2.05) is 24.3 Å². The summed E-state index contributed by atoms with van der Waals surface area (Å²) in [7, 11) is 13.6. The number of ether oxygens (including phenoxy) is 1. The van der Waals surface area contributed by atoms with Crippen molar-refractivity contribution in [2.24, 2.45) is 0 Å². The zero-order chi connectivity index (χ0) is 43.6. The molecule has 60 heavy (non-hydrogen) atoms. The second-order valence-corrected chi connectivity index (χ2v) is 20.6. The van der Waals surface area contributed by atoms with Gasteiger partial charge in [0.25, 0.3) is 0 Å². The van der Waals surface area contributed by atoms with Crippen LogP contribution in [-0.2, 0) is 22.0 Å². The van der Waals surface area contributed by atoms with Crippen molar-refractivity contribution in [1.29, 1.82) is 0 Å². The summed E-state index contributed by atoms with van der Waals surface area (Å²) in [4.78, 5) is 13.9. The predicted molar refractivity (Wildman–Crippen MR) is 250 cm³/mol. The smallest absolute Gasteiger partial charge is 0.303 e. The highest BCUT2D eigenvalue weighted by atomic mass is 16.5. The number of allylic oxidation sites excluding steroid dienone is 7. The summed E-state index contributed by atoms with van der Waals surface area (Å²) in [6.07, 6.45) is 15.1. The van der Waals surface area contributed by atoms with Crippen LogP contribution in [0.5, 0.6) is 5.75 Å². The quantitative estimate of drug-likeness (QED) is 0.116. The van der Waals surface area contributed by atoms with Gasteiger partial charge in [-0.1, -0.05) is 61.4 Å². The third-order valence-corrected chi connectivity index (χ3v) is 12.6. The number of hydrogen-bond acceptors (Lipinski definition) is 3. The lowest BCUT2D eigenvalue weighted by Crippen LogP contribution is -2.37. The van der Waals surface area contributed by atoms with Crippen LogP contribution in [0.3, 0.4) is 0 Å². The highest BCUT2D eigenvalue weighted by Crippen LogP contribution is 2.48. The number of aryl methyl sites for hydroxylation is 3. The molecule has 2 aliphatic heterocycles. The molecule has 7 nitrogen and oxygen atoms in total. The Balaban J connectivity index is 1.44. The van der Waals surface area contributed by atoms with Crippen LogP contribution in [0.2, 0.25) is 0 Å². The standard InChI is InChI=1S/C53H72N4O3/c1-38-18-27-46-44(36-38)52(3,4)48(54(46)32-14-34-56(7,8)9)29-23-41-16-13-17-42(51(41)60-43-25-20-40(21-26-43)22-31-50(58)59)24-30-49-53(5,6)45-37-39(2)19-28-47(45)55(49)33-15-35-57(10,11)12/h18-21,23-30,36-37H,13-17,22,31-35H2,1-12H3/q+2/p+1. The summed E-state index contributed by atoms with van der Waals surface area (Å²) in [6, 6.07) is 21.9. The van der Waals surface area contributed by atoms with E-state index in [1.165, 1.54) is 56.2 Å². The van der Waals surface area contributed by atoms with E-state index in [2.05, 4.69) is 154 Å². The zero-order valence-corrected chi connectivity index (χ0v) is 38.9. The van der Waals surface area contributed by atoms with E-state index >= 15 is 0 Å². The van der Waals surface area contributed by atoms with E-state index in [0.717, 1.165) is 84.3 Å². The van der Waals surface area contributed by atoms with Crippen LogP contribution in [0.15, 0.2) is 108 Å². The lowest BCUT2D eigenvalue weighted by Gasteiger charge is -2.29. The Kier molecular flexibility index (Phi) is 13.2. The lowest BCUT2D eigenvalue weighted by molar-refractivity contribution is -0.871. The van der Waals surface area contributed by atoms with Crippen molar-refractivity contribution in [3.63, 3.8) is 0 Å². The molecule has 3 aromatic rings. The molecule has 0 fully saturated rings. The molecule has 6 rings (SSSR count). The summed E-state index contributed by atoms with van der Waals surface area (Å²) < 4.78 is 11.4. The first-order chi connectivity index (χ1) is 28.1. The van der Waals surface area contributed by atoms with Gasteiger partial charge in [0.2, 0.25) is 5.69 Å². The van der Waals surface area contributed by atoms with Gasteiger partial charge >= 0.3 is 5.97 Å². The number of nitrogens with zero attached hydrogens (tertiary/aromatic N) is 4. The summed E-state index contributed by atoms with van der Waals surface area (Å²) in [5.74, 6) is 0.905. The van der Waals surface area contributed by atoms with Crippen LogP contribution in [0.4, 0.5) is 11.4 Å². The van der Waals surface area contributed by atoms with Gasteiger partial charge in [-0.25, -0.2) is 0 Å². The number of carboxylic acids is 1. The number of aliphatic carboxylic acids is 1. The summed E-state index contributed by atoms with van der Waals surface area (Å²) in [5, 5.41) is 9.28. The Morgan fingerprint density at radius 3 is 2.12 bits per heavy atom. The number of anilines is 1. The minimum absolute atomic E-state index is 0.110. The molecule has 0 aromatic heterocycles. The highest BCUT2D eigenvalue weighted by molar-refractivity contribution is 6.03. The summed E-state index contributed by atoms with van der Waals surface area (Å²) >= 11 is 0. The number of fused-ring (bicyclic) bond motifs is 2. The van der Waals surface area contributed by atoms with Crippen molar-refractivity contribution in [2.45, 2.75) is 97.3 Å². The molecule has 0 radical (unpaired) electrons. The maximum atomic E-state index is 11.3. The fraction of sp³-hybridized carbons (Fsp3) is 0.472. The van der Waals surface area contributed by atoms with E-state index in [1.54, 1.807) is 0 Å². The Bertz CT molecular complexity index is 2240. The molecule has 320 valence electrons. The van der Waals surface area contributed by atoms with E-state index in [4.69, 9.17) is 4.74 Å². The largest absolute Gasteiger partial charge is 0.481 e. The number of hydrogen-bond donors (Lipinski definition) is 1. The third-order valence-electron chi connectivity index (χ3n) is 12.6. The molecule has 0 atom stereocenters. The molecule has 0 saturated heterocycles. The second kappa shape index (κ2) is 17.7. The van der Waals surface area contributed by atoms with Gasteiger partial charge in [0.1, 0.15) is 11.5 Å². The van der Waals surface area contributed by atoms with Crippen LogP contribution < -0.4 is 9.64 Å². The molecule has 0 saturated carbocycles. The van der Waals surface area contributed by atoms with Gasteiger partial charge in [0, 0.05) is 53.9 Å². The number of quaternary nitrogens is 2. The molecule has 2 heterocycles. The Labute approximate surface area is 361 Å². The van der Waals surface area contributed by atoms with Crippen LogP contribution in [0, 0.1) is 13.8 Å². The van der Waals surface area contributed by atoms with Crippen molar-refractivity contribution >= 4 is 23.1 Å². The normalized spacial score (nSPS) is 18.9. The molecular weight excluding hydrogens is 741 g/mol. The summed E-state index contributed by atoms with van der Waals surface area (Å²) in [6.45, 7) is 18.0. The van der Waals surface area contributed by atoms with Crippen molar-refractivity contribution in [3.05, 3.63) is 135 Å². The fourth-order valence-corrected chi connectivity index (χ4v) is 9.27. The number of carbonyl (C=O) groups is 1. The Morgan fingerprint density at radius 1 is 0.800 bits per heavy atom. The van der Waals surface area contributed by atoms with Gasteiger partial charge in [-0.15, -0.1) is 0 Å². The van der Waals surface area contributed by atoms with Crippen LogP contribution in [-0.4, -0.2) is 98.8 Å². The van der Waals surface area contributed by atoms with E-state index < -0.39 is 5.97 Å². The van der Waals surface area contributed by atoms with Gasteiger partial charge in [-0.05, 0) is 112 Å². The lowest BCUT2D eigenvalue weighted by atomic mass is 9.80. The van der Waals surface area contributed by atoms with E-state index in [0.29, 0.717) is 6.42 Å². The van der Waals surface area contributed by atoms with Crippen molar-refractivity contribution in [3.8, 4) is 5.75 Å². The average Bonchev–Trinajstić information content (AvgIpc) is 3.49. The maximum absolute atomic E-state index is 11.3. The number of rotatable bonds is 16. The molecule has 1 N–H and O–H groups in total. The third kappa shape index (κ3) is 10.4. The molecule has 0 bridgehead atoms. The average molecular weight is 814 g/mol. The van der Waals surface area contributed by atoms with Gasteiger partial charge in [0.15, 0.2) is 12.3 Å². The van der Waals surface area contributed by atoms with E-state index in [9.17, 15) is 9.90 Å². The van der Waals surface area contributed by atoms with Gasteiger partial charge < -0.3 is 23.7 Å². The minimum atomic E-state index is -0.785. The SMILES string of the molecule is Cc1ccc2c(c1)C(C)(C)C(/C=C/C1=C(Oc3ccc(CCC(=O)O)cc3)C(=C/C=C3/N(CCC[N+](C)(C)C)c4ccc(C)cc4C3(C)C)/CCC1)=[N+]2CCC[N+](C)(C)C. The molecule has 1 aliphatic carbocycles. The first kappa shape index (κ1) is 44.8. The molecular formula is C53H73N4O3+3. The summed E-state index contributed by atoms with van der Waals surface area (Å²) in [5.41, 5.74) is 13.7. The van der Waals surface area contributed by atoms with Gasteiger partial charge in [-0.2, -0.15) is 4.58 Å². The monoisotopic (exact) mass is 814 g/mol. The topological polar surface area (TPSA) is 52.8 Å².